The Morgan fingerprint density at radius 1 is 1.22 bits per heavy atom. The molecule has 2 rings (SSSR count). The van der Waals surface area contributed by atoms with Gasteiger partial charge in [0.05, 0.1) is 5.92 Å². The van der Waals surface area contributed by atoms with E-state index in [1.54, 1.807) is 16.7 Å². The number of carbonyl (C=O) groups is 2. The van der Waals surface area contributed by atoms with E-state index in [1.807, 2.05) is 7.05 Å². The molecule has 0 aromatic rings. The standard InChI is InChI=1S/C13H22N2O3/c1-8(12(16)17)11-6-15(7-11)13(18)14(3)9(2)10-4-5-10/h8-11H,4-7H2,1-3H3,(H,16,17). The van der Waals surface area contributed by atoms with Crippen molar-refractivity contribution in [3.8, 4) is 0 Å². The van der Waals surface area contributed by atoms with Gasteiger partial charge in [0.2, 0.25) is 0 Å². The van der Waals surface area contributed by atoms with Gasteiger partial charge in [0.25, 0.3) is 0 Å². The molecular formula is C13H22N2O3. The molecule has 1 N–H and O–H groups in total. The molecule has 0 aromatic heterocycles. The molecule has 1 aliphatic heterocycles. The number of hydrogen-bond donors (Lipinski definition) is 1. The van der Waals surface area contributed by atoms with E-state index in [0.717, 1.165) is 0 Å². The molecule has 1 saturated carbocycles. The largest absolute Gasteiger partial charge is 0.481 e. The van der Waals surface area contributed by atoms with Crippen molar-refractivity contribution in [2.75, 3.05) is 20.1 Å². The van der Waals surface area contributed by atoms with E-state index in [2.05, 4.69) is 6.92 Å². The van der Waals surface area contributed by atoms with E-state index >= 15 is 0 Å². The zero-order valence-corrected chi connectivity index (χ0v) is 11.3. The maximum atomic E-state index is 12.1. The van der Waals surface area contributed by atoms with Crippen LogP contribution in [0.25, 0.3) is 0 Å². The van der Waals surface area contributed by atoms with E-state index in [0.29, 0.717) is 25.0 Å². The van der Waals surface area contributed by atoms with Gasteiger partial charge in [0, 0.05) is 32.1 Å². The highest BCUT2D eigenvalue weighted by Gasteiger charge is 2.40. The van der Waals surface area contributed by atoms with Crippen LogP contribution in [0.1, 0.15) is 26.7 Å². The number of hydrogen-bond acceptors (Lipinski definition) is 2. The maximum Gasteiger partial charge on any atom is 0.320 e. The van der Waals surface area contributed by atoms with Crippen molar-refractivity contribution in [3.05, 3.63) is 0 Å². The zero-order valence-electron chi connectivity index (χ0n) is 11.3. The number of carboxylic acids is 1. The minimum Gasteiger partial charge on any atom is -0.481 e. The Balaban J connectivity index is 1.80. The van der Waals surface area contributed by atoms with Gasteiger partial charge < -0.3 is 14.9 Å². The number of rotatable bonds is 4. The van der Waals surface area contributed by atoms with Crippen LogP contribution in [0.4, 0.5) is 4.79 Å². The van der Waals surface area contributed by atoms with Crippen LogP contribution >= 0.6 is 0 Å². The molecule has 0 aromatic carbocycles. The fourth-order valence-electron chi connectivity index (χ4n) is 2.48. The van der Waals surface area contributed by atoms with Crippen LogP contribution in [0.3, 0.4) is 0 Å². The van der Waals surface area contributed by atoms with Crippen LogP contribution in [-0.2, 0) is 4.79 Å². The molecule has 2 unspecified atom stereocenters. The number of carbonyl (C=O) groups excluding carboxylic acids is 1. The van der Waals surface area contributed by atoms with Gasteiger partial charge in [0.1, 0.15) is 0 Å². The van der Waals surface area contributed by atoms with Gasteiger partial charge in [-0.1, -0.05) is 6.92 Å². The van der Waals surface area contributed by atoms with E-state index in [9.17, 15) is 9.59 Å². The van der Waals surface area contributed by atoms with Crippen LogP contribution in [-0.4, -0.2) is 53.1 Å². The lowest BCUT2D eigenvalue weighted by Gasteiger charge is -2.43. The molecule has 102 valence electrons. The molecule has 2 amide bonds. The van der Waals surface area contributed by atoms with Crippen molar-refractivity contribution >= 4 is 12.0 Å². The average Bonchev–Trinajstić information content (AvgIpc) is 3.08. The molecule has 1 heterocycles. The Morgan fingerprint density at radius 2 is 1.78 bits per heavy atom. The zero-order chi connectivity index (χ0) is 13.4. The van der Waals surface area contributed by atoms with Crippen LogP contribution in [0, 0.1) is 17.8 Å². The summed E-state index contributed by atoms with van der Waals surface area (Å²) in [6.07, 6.45) is 2.44. The summed E-state index contributed by atoms with van der Waals surface area (Å²) in [5, 5.41) is 8.91. The molecule has 0 spiro atoms. The van der Waals surface area contributed by atoms with Crippen LogP contribution < -0.4 is 0 Å². The predicted octanol–water partition coefficient (Wildman–Crippen LogP) is 1.49. The Hall–Kier alpha value is -1.26. The number of carboxylic acid groups (broad SMARTS) is 1. The summed E-state index contributed by atoms with van der Waals surface area (Å²) in [5.74, 6) is -0.364. The van der Waals surface area contributed by atoms with Crippen LogP contribution in [0.5, 0.6) is 0 Å². The highest BCUT2D eigenvalue weighted by atomic mass is 16.4. The van der Waals surface area contributed by atoms with Gasteiger partial charge in [-0.25, -0.2) is 4.79 Å². The lowest BCUT2D eigenvalue weighted by atomic mass is 9.87. The first-order chi connectivity index (χ1) is 8.41. The first-order valence-electron chi connectivity index (χ1n) is 6.66. The minimum atomic E-state index is -0.771. The second-order valence-electron chi connectivity index (χ2n) is 5.76. The third-order valence-corrected chi connectivity index (χ3v) is 4.49. The highest BCUT2D eigenvalue weighted by molar-refractivity contribution is 5.76. The number of amides is 2. The van der Waals surface area contributed by atoms with Gasteiger partial charge in [-0.2, -0.15) is 0 Å². The molecule has 5 heteroatoms. The Labute approximate surface area is 108 Å². The molecule has 2 aliphatic rings. The Kier molecular flexibility index (Phi) is 3.50. The molecular weight excluding hydrogens is 232 g/mol. The van der Waals surface area contributed by atoms with Crippen molar-refractivity contribution in [1.82, 2.24) is 9.80 Å². The fraction of sp³-hybridized carbons (Fsp3) is 0.846. The lowest BCUT2D eigenvalue weighted by Crippen LogP contribution is -2.58. The summed E-state index contributed by atoms with van der Waals surface area (Å²) >= 11 is 0. The number of urea groups is 1. The number of likely N-dealkylation sites (tertiary alicyclic amines) is 1. The Morgan fingerprint density at radius 3 is 2.22 bits per heavy atom. The lowest BCUT2D eigenvalue weighted by molar-refractivity contribution is -0.144. The van der Waals surface area contributed by atoms with Crippen molar-refractivity contribution in [2.24, 2.45) is 17.8 Å². The van der Waals surface area contributed by atoms with Gasteiger partial charge in [-0.15, -0.1) is 0 Å². The monoisotopic (exact) mass is 254 g/mol. The highest BCUT2D eigenvalue weighted by Crippen LogP contribution is 2.35. The second-order valence-corrected chi connectivity index (χ2v) is 5.76. The molecule has 18 heavy (non-hydrogen) atoms. The van der Waals surface area contributed by atoms with Crippen molar-refractivity contribution in [2.45, 2.75) is 32.7 Å². The third kappa shape index (κ3) is 2.44. The molecule has 0 radical (unpaired) electrons. The summed E-state index contributed by atoms with van der Waals surface area (Å²) in [6, 6.07) is 0.344. The van der Waals surface area contributed by atoms with Gasteiger partial charge in [-0.3, -0.25) is 4.79 Å². The number of nitrogens with zero attached hydrogens (tertiary/aromatic N) is 2. The predicted molar refractivity (Wildman–Crippen MR) is 67.2 cm³/mol. The van der Waals surface area contributed by atoms with Gasteiger partial charge in [-0.05, 0) is 25.7 Å². The molecule has 1 aliphatic carbocycles. The molecule has 2 fully saturated rings. The molecule has 2 atom stereocenters. The molecule has 0 bridgehead atoms. The van der Waals surface area contributed by atoms with Crippen molar-refractivity contribution in [3.63, 3.8) is 0 Å². The van der Waals surface area contributed by atoms with Crippen molar-refractivity contribution < 1.29 is 14.7 Å². The smallest absolute Gasteiger partial charge is 0.320 e. The quantitative estimate of drug-likeness (QED) is 0.826. The summed E-state index contributed by atoms with van der Waals surface area (Å²) in [7, 11) is 1.85. The van der Waals surface area contributed by atoms with E-state index in [4.69, 9.17) is 5.11 Å². The van der Waals surface area contributed by atoms with E-state index in [1.165, 1.54) is 12.8 Å². The summed E-state index contributed by atoms with van der Waals surface area (Å²) in [5.41, 5.74) is 0. The fourth-order valence-corrected chi connectivity index (χ4v) is 2.48. The summed E-state index contributed by atoms with van der Waals surface area (Å²) in [6.45, 7) is 4.96. The van der Waals surface area contributed by atoms with Gasteiger partial charge in [0.15, 0.2) is 0 Å². The first-order valence-corrected chi connectivity index (χ1v) is 6.66. The number of aliphatic carboxylic acids is 1. The molecule has 1 saturated heterocycles. The summed E-state index contributed by atoms with van der Waals surface area (Å²) < 4.78 is 0. The summed E-state index contributed by atoms with van der Waals surface area (Å²) in [4.78, 5) is 26.5. The maximum absolute atomic E-state index is 12.1. The van der Waals surface area contributed by atoms with E-state index < -0.39 is 5.97 Å². The Bertz CT molecular complexity index is 348. The topological polar surface area (TPSA) is 60.9 Å². The average molecular weight is 254 g/mol. The normalized spacial score (nSPS) is 23.2. The second kappa shape index (κ2) is 4.78. The van der Waals surface area contributed by atoms with Gasteiger partial charge >= 0.3 is 12.0 Å². The van der Waals surface area contributed by atoms with Crippen LogP contribution in [0.15, 0.2) is 0 Å². The first kappa shape index (κ1) is 13.2. The third-order valence-electron chi connectivity index (χ3n) is 4.49. The molecule has 5 nitrogen and oxygen atoms in total. The van der Waals surface area contributed by atoms with E-state index in [-0.39, 0.29) is 17.9 Å². The van der Waals surface area contributed by atoms with Crippen molar-refractivity contribution in [1.29, 1.82) is 0 Å². The minimum absolute atomic E-state index is 0.0447. The van der Waals surface area contributed by atoms with Crippen LogP contribution in [0.2, 0.25) is 0 Å². The SMILES string of the molecule is CC(C(=O)O)C1CN(C(=O)N(C)C(C)C2CC2)C1.